The highest BCUT2D eigenvalue weighted by molar-refractivity contribution is 5.81. The van der Waals surface area contributed by atoms with Crippen LogP contribution in [0.5, 0.6) is 0 Å². The molecule has 0 atom stereocenters. The summed E-state index contributed by atoms with van der Waals surface area (Å²) >= 11 is 0. The second kappa shape index (κ2) is 4.15. The van der Waals surface area contributed by atoms with Crippen molar-refractivity contribution in [3.8, 4) is 0 Å². The zero-order valence-electron chi connectivity index (χ0n) is 11.4. The Morgan fingerprint density at radius 3 is 2.80 bits per heavy atom. The predicted octanol–water partition coefficient (Wildman–Crippen LogP) is 1.59. The summed E-state index contributed by atoms with van der Waals surface area (Å²) < 4.78 is 1.74. The van der Waals surface area contributed by atoms with E-state index in [1.807, 2.05) is 6.20 Å². The number of hydrogen-bond donors (Lipinski definition) is 2. The van der Waals surface area contributed by atoms with E-state index in [4.69, 9.17) is 5.73 Å². The fourth-order valence-corrected chi connectivity index (χ4v) is 3.13. The first-order valence-corrected chi connectivity index (χ1v) is 7.36. The molecule has 4 rings (SSSR count). The van der Waals surface area contributed by atoms with Crippen LogP contribution in [0, 0.1) is 0 Å². The summed E-state index contributed by atoms with van der Waals surface area (Å²) in [6, 6.07) is 0. The zero-order chi connectivity index (χ0) is 13.7. The summed E-state index contributed by atoms with van der Waals surface area (Å²) in [5, 5.41) is 14.9. The zero-order valence-corrected chi connectivity index (χ0v) is 11.4. The maximum atomic E-state index is 10.6. The second-order valence-electron chi connectivity index (χ2n) is 6.22. The lowest BCUT2D eigenvalue weighted by Crippen LogP contribution is -2.31. The normalized spacial score (nSPS) is 21.6. The molecule has 2 aliphatic carbocycles. The molecule has 106 valence electrons. The molecule has 0 aliphatic heterocycles. The van der Waals surface area contributed by atoms with Crippen molar-refractivity contribution in [1.82, 2.24) is 19.7 Å². The van der Waals surface area contributed by atoms with Crippen molar-refractivity contribution >= 4 is 17.0 Å². The molecule has 0 saturated heterocycles. The van der Waals surface area contributed by atoms with E-state index in [0.29, 0.717) is 29.4 Å². The van der Waals surface area contributed by atoms with Crippen molar-refractivity contribution < 1.29 is 5.11 Å². The van der Waals surface area contributed by atoms with Gasteiger partial charge in [0.2, 0.25) is 0 Å². The van der Waals surface area contributed by atoms with Gasteiger partial charge in [-0.2, -0.15) is 5.10 Å². The van der Waals surface area contributed by atoms with Gasteiger partial charge >= 0.3 is 0 Å². The number of aliphatic hydroxyl groups is 1. The van der Waals surface area contributed by atoms with E-state index in [2.05, 4.69) is 15.1 Å². The Hall–Kier alpha value is -1.69. The summed E-state index contributed by atoms with van der Waals surface area (Å²) in [6.07, 6.45) is 7.98. The van der Waals surface area contributed by atoms with Gasteiger partial charge in [0.1, 0.15) is 0 Å². The van der Waals surface area contributed by atoms with Crippen molar-refractivity contribution in [3.63, 3.8) is 0 Å². The number of nitrogens with two attached hydrogens (primary N) is 1. The van der Waals surface area contributed by atoms with E-state index in [0.717, 1.165) is 31.4 Å². The molecule has 3 N–H and O–H groups in total. The lowest BCUT2D eigenvalue weighted by atomic mass is 10.0. The monoisotopic (exact) mass is 273 g/mol. The largest absolute Gasteiger partial charge is 0.388 e. The Morgan fingerprint density at radius 2 is 2.10 bits per heavy atom. The fraction of sp³-hybridized carbons (Fsp3) is 0.643. The van der Waals surface area contributed by atoms with E-state index < -0.39 is 5.60 Å². The first-order valence-electron chi connectivity index (χ1n) is 7.36. The average Bonchev–Trinajstić information content (AvgIpc) is 3.14. The molecule has 2 aliphatic rings. The molecule has 20 heavy (non-hydrogen) atoms. The van der Waals surface area contributed by atoms with Gasteiger partial charge < -0.3 is 10.8 Å². The second-order valence-corrected chi connectivity index (χ2v) is 6.22. The summed E-state index contributed by atoms with van der Waals surface area (Å²) in [4.78, 5) is 9.09. The third kappa shape index (κ3) is 1.95. The molecule has 0 aromatic carbocycles. The Morgan fingerprint density at radius 1 is 1.35 bits per heavy atom. The summed E-state index contributed by atoms with van der Waals surface area (Å²) in [7, 11) is 0. The van der Waals surface area contributed by atoms with Gasteiger partial charge in [-0.1, -0.05) is 12.8 Å². The van der Waals surface area contributed by atoms with Crippen LogP contribution in [0.25, 0.3) is 11.2 Å². The molecule has 2 saturated carbocycles. The van der Waals surface area contributed by atoms with Crippen LogP contribution in [0.1, 0.15) is 50.1 Å². The maximum Gasteiger partial charge on any atom is 0.179 e. The highest BCUT2D eigenvalue weighted by atomic mass is 16.3. The number of hydrogen-bond acceptors (Lipinski definition) is 5. The van der Waals surface area contributed by atoms with E-state index >= 15 is 0 Å². The molecular formula is C14H19N5O. The Balaban J connectivity index is 1.75. The average molecular weight is 273 g/mol. The number of aromatic nitrogens is 4. The number of anilines is 1. The first-order chi connectivity index (χ1) is 9.65. The third-order valence-corrected chi connectivity index (χ3v) is 4.46. The topological polar surface area (TPSA) is 89.8 Å². The molecule has 0 bridgehead atoms. The van der Waals surface area contributed by atoms with Crippen molar-refractivity contribution in [2.75, 3.05) is 5.73 Å². The van der Waals surface area contributed by atoms with Gasteiger partial charge in [0.25, 0.3) is 0 Å². The highest BCUT2D eigenvalue weighted by Gasteiger charge is 2.33. The van der Waals surface area contributed by atoms with Crippen LogP contribution in [0.15, 0.2) is 6.20 Å². The highest BCUT2D eigenvalue weighted by Crippen LogP contribution is 2.39. The minimum Gasteiger partial charge on any atom is -0.388 e. The molecule has 0 spiro atoms. The molecule has 2 aromatic rings. The van der Waals surface area contributed by atoms with Gasteiger partial charge in [-0.3, -0.25) is 0 Å². The lowest BCUT2D eigenvalue weighted by molar-refractivity contribution is 0.0277. The van der Waals surface area contributed by atoms with Crippen LogP contribution in [-0.4, -0.2) is 30.5 Å². The van der Waals surface area contributed by atoms with E-state index in [9.17, 15) is 5.11 Å². The van der Waals surface area contributed by atoms with E-state index in [1.165, 1.54) is 12.8 Å². The SMILES string of the molecule is Nc1nn(CC2(O)CCCC2)c2nc(C3CC3)cnc12. The van der Waals surface area contributed by atoms with Crippen LogP contribution >= 0.6 is 0 Å². The van der Waals surface area contributed by atoms with Gasteiger partial charge in [-0.15, -0.1) is 0 Å². The number of nitrogens with zero attached hydrogens (tertiary/aromatic N) is 4. The van der Waals surface area contributed by atoms with Gasteiger partial charge in [0.15, 0.2) is 17.0 Å². The molecule has 0 radical (unpaired) electrons. The van der Waals surface area contributed by atoms with Crippen LogP contribution in [0.3, 0.4) is 0 Å². The smallest absolute Gasteiger partial charge is 0.179 e. The van der Waals surface area contributed by atoms with Crippen molar-refractivity contribution in [2.24, 2.45) is 0 Å². The molecule has 6 heteroatoms. The lowest BCUT2D eigenvalue weighted by Gasteiger charge is -2.21. The van der Waals surface area contributed by atoms with Gasteiger partial charge in [-0.25, -0.2) is 14.6 Å². The van der Waals surface area contributed by atoms with Crippen molar-refractivity contribution in [3.05, 3.63) is 11.9 Å². The minimum atomic E-state index is -0.664. The Bertz CT molecular complexity index is 655. The maximum absolute atomic E-state index is 10.6. The van der Waals surface area contributed by atoms with Gasteiger partial charge in [-0.05, 0) is 25.7 Å². The van der Waals surface area contributed by atoms with Gasteiger partial charge in [0, 0.05) is 12.1 Å². The number of rotatable bonds is 3. The Labute approximate surface area is 117 Å². The van der Waals surface area contributed by atoms with Crippen LogP contribution in [0.4, 0.5) is 5.82 Å². The van der Waals surface area contributed by atoms with Crippen LogP contribution in [0.2, 0.25) is 0 Å². The summed E-state index contributed by atoms with van der Waals surface area (Å²) in [6.45, 7) is 0.462. The van der Waals surface area contributed by atoms with Crippen LogP contribution in [-0.2, 0) is 6.54 Å². The molecular weight excluding hydrogens is 254 g/mol. The summed E-state index contributed by atoms with van der Waals surface area (Å²) in [5.74, 6) is 0.947. The third-order valence-electron chi connectivity index (χ3n) is 4.46. The Kier molecular flexibility index (Phi) is 2.51. The standard InChI is InChI=1S/C14H19N5O/c15-12-11-13(17-10(7-16-11)9-3-4-9)19(18-12)8-14(20)5-1-2-6-14/h7,9,20H,1-6,8H2,(H2,15,18). The van der Waals surface area contributed by atoms with E-state index in [-0.39, 0.29) is 0 Å². The van der Waals surface area contributed by atoms with E-state index in [1.54, 1.807) is 4.68 Å². The molecule has 6 nitrogen and oxygen atoms in total. The van der Waals surface area contributed by atoms with Gasteiger partial charge in [0.05, 0.1) is 17.8 Å². The molecule has 0 amide bonds. The summed E-state index contributed by atoms with van der Waals surface area (Å²) in [5.41, 5.74) is 7.65. The molecule has 2 heterocycles. The minimum absolute atomic E-state index is 0.399. The quantitative estimate of drug-likeness (QED) is 0.886. The molecule has 2 fully saturated rings. The predicted molar refractivity (Wildman–Crippen MR) is 75.1 cm³/mol. The van der Waals surface area contributed by atoms with Crippen LogP contribution < -0.4 is 5.73 Å². The molecule has 2 aromatic heterocycles. The number of nitrogen functional groups attached to an aromatic ring is 1. The van der Waals surface area contributed by atoms with Crippen molar-refractivity contribution in [2.45, 2.75) is 56.6 Å². The van der Waals surface area contributed by atoms with Crippen molar-refractivity contribution in [1.29, 1.82) is 0 Å². The first kappa shape index (κ1) is 12.1. The molecule has 0 unspecified atom stereocenters. The number of fused-ring (bicyclic) bond motifs is 1. The fourth-order valence-electron chi connectivity index (χ4n) is 3.13.